The zero-order valence-corrected chi connectivity index (χ0v) is 21.4. The number of ether oxygens (including phenoxy) is 4. The second-order valence-corrected chi connectivity index (χ2v) is 10.0. The van der Waals surface area contributed by atoms with E-state index in [-0.39, 0.29) is 5.91 Å². The molecule has 0 radical (unpaired) electrons. The highest BCUT2D eigenvalue weighted by Crippen LogP contribution is 2.35. The summed E-state index contributed by atoms with van der Waals surface area (Å²) >= 11 is 0. The van der Waals surface area contributed by atoms with Gasteiger partial charge in [0.05, 0.1) is 31.9 Å². The molecule has 1 aromatic heterocycles. The molecule has 1 N–H and O–H groups in total. The van der Waals surface area contributed by atoms with E-state index in [1.54, 1.807) is 18.2 Å². The second-order valence-electron chi connectivity index (χ2n) is 10.0. The highest BCUT2D eigenvalue weighted by Gasteiger charge is 2.24. The van der Waals surface area contributed by atoms with Crippen molar-refractivity contribution in [3.8, 4) is 17.0 Å². The van der Waals surface area contributed by atoms with Gasteiger partial charge in [0.2, 0.25) is 0 Å². The molecule has 0 atom stereocenters. The smallest absolute Gasteiger partial charge is 0.435 e. The SMILES string of the molecule is CC(C)(C)OC(=O)n1nc2c3cc(ccc31)C(=O)NCCOCCOc1cc-2cc(N2CCOCC2)c1. The van der Waals surface area contributed by atoms with E-state index >= 15 is 0 Å². The molecule has 0 aliphatic carbocycles. The van der Waals surface area contributed by atoms with Crippen molar-refractivity contribution in [1.29, 1.82) is 0 Å². The lowest BCUT2D eigenvalue weighted by Gasteiger charge is -2.29. The number of amides is 1. The zero-order valence-electron chi connectivity index (χ0n) is 21.4. The van der Waals surface area contributed by atoms with Crippen LogP contribution in [0.25, 0.3) is 22.2 Å². The Hall–Kier alpha value is -3.63. The van der Waals surface area contributed by atoms with Crippen molar-refractivity contribution >= 4 is 28.6 Å². The monoisotopic (exact) mass is 508 g/mol. The minimum absolute atomic E-state index is 0.227. The van der Waals surface area contributed by atoms with Crippen LogP contribution in [-0.4, -0.2) is 80.1 Å². The molecule has 1 fully saturated rings. The van der Waals surface area contributed by atoms with Crippen molar-refractivity contribution in [3.63, 3.8) is 0 Å². The lowest BCUT2D eigenvalue weighted by atomic mass is 10.0. The molecule has 1 amide bonds. The molecule has 4 bridgehead atoms. The van der Waals surface area contributed by atoms with Crippen molar-refractivity contribution in [3.05, 3.63) is 42.0 Å². The Balaban J connectivity index is 1.68. The van der Waals surface area contributed by atoms with E-state index in [0.29, 0.717) is 67.5 Å². The summed E-state index contributed by atoms with van der Waals surface area (Å²) in [7, 11) is 0. The van der Waals surface area contributed by atoms with Crippen LogP contribution in [-0.2, 0) is 14.2 Å². The van der Waals surface area contributed by atoms with Crippen molar-refractivity contribution in [1.82, 2.24) is 15.1 Å². The maximum Gasteiger partial charge on any atom is 0.435 e. The van der Waals surface area contributed by atoms with Crippen molar-refractivity contribution < 1.29 is 28.5 Å². The van der Waals surface area contributed by atoms with Crippen LogP contribution in [0.4, 0.5) is 10.5 Å². The number of benzene rings is 2. The van der Waals surface area contributed by atoms with Gasteiger partial charge in [-0.25, -0.2) is 4.79 Å². The molecule has 2 aromatic carbocycles. The molecular weight excluding hydrogens is 476 g/mol. The topological polar surface area (TPSA) is 104 Å². The third-order valence-corrected chi connectivity index (χ3v) is 6.08. The summed E-state index contributed by atoms with van der Waals surface area (Å²) in [4.78, 5) is 28.2. The van der Waals surface area contributed by atoms with E-state index in [2.05, 4.69) is 10.2 Å². The lowest BCUT2D eigenvalue weighted by molar-refractivity contribution is 0.0523. The normalized spacial score (nSPS) is 17.1. The average Bonchev–Trinajstić information content (AvgIpc) is 3.26. The van der Waals surface area contributed by atoms with Gasteiger partial charge in [-0.3, -0.25) is 4.79 Å². The van der Waals surface area contributed by atoms with Crippen molar-refractivity contribution in [2.75, 3.05) is 57.6 Å². The first-order chi connectivity index (χ1) is 17.8. The predicted octanol–water partition coefficient (Wildman–Crippen LogP) is 3.46. The summed E-state index contributed by atoms with van der Waals surface area (Å²) in [5.41, 5.74) is 2.61. The largest absolute Gasteiger partial charge is 0.491 e. The van der Waals surface area contributed by atoms with Crippen LogP contribution < -0.4 is 15.0 Å². The van der Waals surface area contributed by atoms with Gasteiger partial charge in [-0.2, -0.15) is 9.78 Å². The van der Waals surface area contributed by atoms with E-state index in [1.807, 2.05) is 39.0 Å². The first kappa shape index (κ1) is 25.0. The summed E-state index contributed by atoms with van der Waals surface area (Å²) in [6.45, 7) is 9.70. The summed E-state index contributed by atoms with van der Waals surface area (Å²) in [5, 5.41) is 8.23. The Morgan fingerprint density at radius 3 is 2.54 bits per heavy atom. The van der Waals surface area contributed by atoms with Gasteiger partial charge in [-0.15, -0.1) is 0 Å². The number of carbonyl (C=O) groups excluding carboxylic acids is 2. The fraction of sp³-hybridized carbons (Fsp3) is 0.444. The number of hydrogen-bond acceptors (Lipinski definition) is 8. The Morgan fingerprint density at radius 2 is 1.76 bits per heavy atom. The molecule has 5 rings (SSSR count). The molecule has 2 aliphatic heterocycles. The van der Waals surface area contributed by atoms with Gasteiger partial charge in [0, 0.05) is 47.9 Å². The number of carbonyl (C=O) groups is 2. The van der Waals surface area contributed by atoms with E-state index in [9.17, 15) is 9.59 Å². The number of rotatable bonds is 1. The van der Waals surface area contributed by atoms with Crippen LogP contribution in [0.1, 0.15) is 31.1 Å². The molecule has 3 aromatic rings. The van der Waals surface area contributed by atoms with Gasteiger partial charge in [-0.1, -0.05) is 0 Å². The zero-order chi connectivity index (χ0) is 26.0. The maximum atomic E-state index is 13.1. The summed E-state index contributed by atoms with van der Waals surface area (Å²) in [5.74, 6) is 0.443. The molecule has 2 aliphatic rings. The molecule has 1 saturated heterocycles. The number of fused-ring (bicyclic) bond motifs is 4. The van der Waals surface area contributed by atoms with Gasteiger partial charge in [0.1, 0.15) is 23.7 Å². The molecule has 0 spiro atoms. The van der Waals surface area contributed by atoms with E-state index in [0.717, 1.165) is 24.3 Å². The molecule has 10 heteroatoms. The molecule has 3 heterocycles. The number of anilines is 1. The molecule has 0 unspecified atom stereocenters. The highest BCUT2D eigenvalue weighted by atomic mass is 16.6. The standard InChI is InChI=1S/C27H32N4O6/c1-27(2,3)37-26(33)31-23-5-4-18-16-22(23)24(29-31)19-14-20(30-7-10-35-11-8-30)17-21(15-19)36-13-12-34-9-6-28-25(18)32/h4-5,14-17H,6-13H2,1-3H3,(H,28,32). The predicted molar refractivity (Wildman–Crippen MR) is 138 cm³/mol. The molecule has 0 saturated carbocycles. The summed E-state index contributed by atoms with van der Waals surface area (Å²) in [6.07, 6.45) is -0.590. The number of morpholine rings is 1. The van der Waals surface area contributed by atoms with E-state index in [4.69, 9.17) is 24.0 Å². The first-order valence-corrected chi connectivity index (χ1v) is 12.5. The maximum absolute atomic E-state index is 13.1. The second kappa shape index (κ2) is 10.4. The van der Waals surface area contributed by atoms with Crippen molar-refractivity contribution in [2.24, 2.45) is 0 Å². The molecule has 10 nitrogen and oxygen atoms in total. The van der Waals surface area contributed by atoms with Crippen LogP contribution in [0.5, 0.6) is 5.75 Å². The van der Waals surface area contributed by atoms with Crippen LogP contribution in [0, 0.1) is 0 Å². The number of hydrogen-bond donors (Lipinski definition) is 1. The van der Waals surface area contributed by atoms with Crippen LogP contribution in [0.15, 0.2) is 36.4 Å². The molecule has 37 heavy (non-hydrogen) atoms. The first-order valence-electron chi connectivity index (χ1n) is 12.5. The van der Waals surface area contributed by atoms with Gasteiger partial charge in [-0.05, 0) is 51.1 Å². The number of aromatic nitrogens is 2. The lowest BCUT2D eigenvalue weighted by Crippen LogP contribution is -2.36. The van der Waals surface area contributed by atoms with Crippen LogP contribution in [0.2, 0.25) is 0 Å². The average molecular weight is 509 g/mol. The third kappa shape index (κ3) is 5.70. The quantitative estimate of drug-likeness (QED) is 0.533. The van der Waals surface area contributed by atoms with E-state index < -0.39 is 11.7 Å². The van der Waals surface area contributed by atoms with Gasteiger partial charge < -0.3 is 29.2 Å². The van der Waals surface area contributed by atoms with Crippen LogP contribution >= 0.6 is 0 Å². The van der Waals surface area contributed by atoms with E-state index in [1.165, 1.54) is 4.68 Å². The highest BCUT2D eigenvalue weighted by molar-refractivity contribution is 6.03. The van der Waals surface area contributed by atoms with Crippen LogP contribution in [0.3, 0.4) is 0 Å². The fourth-order valence-electron chi connectivity index (χ4n) is 4.38. The van der Waals surface area contributed by atoms with Crippen molar-refractivity contribution in [2.45, 2.75) is 26.4 Å². The number of nitrogens with zero attached hydrogens (tertiary/aromatic N) is 3. The Morgan fingerprint density at radius 1 is 0.973 bits per heavy atom. The summed E-state index contributed by atoms with van der Waals surface area (Å²) in [6, 6.07) is 11.1. The Bertz CT molecular complexity index is 1310. The summed E-state index contributed by atoms with van der Waals surface area (Å²) < 4.78 is 24.1. The fourth-order valence-corrected chi connectivity index (χ4v) is 4.38. The Labute approximate surface area is 215 Å². The third-order valence-electron chi connectivity index (χ3n) is 6.08. The van der Waals surface area contributed by atoms with Gasteiger partial charge >= 0.3 is 6.09 Å². The minimum atomic E-state index is -0.692. The van der Waals surface area contributed by atoms with Gasteiger partial charge in [0.25, 0.3) is 5.91 Å². The minimum Gasteiger partial charge on any atom is -0.491 e. The molecular formula is C27H32N4O6. The molecule has 196 valence electrons. The Kier molecular flexibility index (Phi) is 7.03. The number of nitrogens with one attached hydrogen (secondary N) is 1. The van der Waals surface area contributed by atoms with Gasteiger partial charge in [0.15, 0.2) is 0 Å².